The van der Waals surface area contributed by atoms with Crippen LogP contribution < -0.4 is 0 Å². The zero-order valence-electron chi connectivity index (χ0n) is 14.2. The molecule has 1 saturated carbocycles. The van der Waals surface area contributed by atoms with E-state index < -0.39 is 0 Å². The second-order valence-corrected chi connectivity index (χ2v) is 7.26. The first-order chi connectivity index (χ1) is 11.3. The molecular weight excluding hydrogens is 286 g/mol. The first kappa shape index (κ1) is 16.9. The topological polar surface area (TPSA) is 39.6 Å². The first-order valence-corrected chi connectivity index (χ1v) is 9.31. The third kappa shape index (κ3) is 5.00. The lowest BCUT2D eigenvalue weighted by Crippen LogP contribution is -2.54. The minimum absolute atomic E-state index is 0.298. The summed E-state index contributed by atoms with van der Waals surface area (Å²) in [5.41, 5.74) is 1.29. The van der Waals surface area contributed by atoms with Gasteiger partial charge in [0.1, 0.15) is 0 Å². The number of hydrogen-bond acceptors (Lipinski definition) is 4. The molecule has 2 heterocycles. The van der Waals surface area contributed by atoms with E-state index in [2.05, 4.69) is 20.9 Å². The van der Waals surface area contributed by atoms with Crippen molar-refractivity contribution in [1.82, 2.24) is 14.8 Å². The van der Waals surface area contributed by atoms with E-state index in [0.717, 1.165) is 38.5 Å². The Morgan fingerprint density at radius 2 is 2.04 bits per heavy atom. The van der Waals surface area contributed by atoms with Crippen LogP contribution in [0.25, 0.3) is 0 Å². The molecule has 2 aliphatic rings. The van der Waals surface area contributed by atoms with Gasteiger partial charge in [-0.1, -0.05) is 25.3 Å². The van der Waals surface area contributed by atoms with Crippen molar-refractivity contribution < 1.29 is 5.11 Å². The van der Waals surface area contributed by atoms with Crippen molar-refractivity contribution >= 4 is 0 Å². The van der Waals surface area contributed by atoms with Crippen molar-refractivity contribution in [3.05, 3.63) is 30.1 Å². The van der Waals surface area contributed by atoms with E-state index >= 15 is 0 Å². The molecule has 0 unspecified atom stereocenters. The molecule has 1 atom stereocenters. The maximum absolute atomic E-state index is 9.46. The lowest BCUT2D eigenvalue weighted by atomic mass is 9.88. The third-order valence-electron chi connectivity index (χ3n) is 5.50. The van der Waals surface area contributed by atoms with Crippen molar-refractivity contribution in [1.29, 1.82) is 0 Å². The molecule has 3 rings (SSSR count). The standard InChI is InChI=1S/C19H31N3O/c23-12-8-19-16-21(14-18-7-4-9-20-13-18)10-11-22(19)15-17-5-2-1-3-6-17/h4,7,9,13,17,19,23H,1-3,5-6,8,10-12,14-16H2/t19-/m1/s1. The van der Waals surface area contributed by atoms with Gasteiger partial charge in [-0.25, -0.2) is 0 Å². The average Bonchev–Trinajstić information content (AvgIpc) is 2.59. The van der Waals surface area contributed by atoms with Crippen LogP contribution in [-0.4, -0.2) is 58.7 Å². The van der Waals surface area contributed by atoms with E-state index in [1.165, 1.54) is 44.2 Å². The molecular formula is C19H31N3O. The number of rotatable bonds is 6. The van der Waals surface area contributed by atoms with Crippen LogP contribution >= 0.6 is 0 Å². The van der Waals surface area contributed by atoms with Crippen molar-refractivity contribution in [2.75, 3.05) is 32.8 Å². The fourth-order valence-electron chi connectivity index (χ4n) is 4.22. The predicted molar refractivity (Wildman–Crippen MR) is 93.2 cm³/mol. The molecule has 1 N–H and O–H groups in total. The highest BCUT2D eigenvalue weighted by atomic mass is 16.3. The van der Waals surface area contributed by atoms with Crippen LogP contribution in [-0.2, 0) is 6.54 Å². The van der Waals surface area contributed by atoms with Crippen LogP contribution in [0.3, 0.4) is 0 Å². The molecule has 2 fully saturated rings. The van der Waals surface area contributed by atoms with Crippen LogP contribution in [0.5, 0.6) is 0 Å². The van der Waals surface area contributed by atoms with Gasteiger partial charge in [0.2, 0.25) is 0 Å². The molecule has 0 radical (unpaired) electrons. The summed E-state index contributed by atoms with van der Waals surface area (Å²) in [5, 5.41) is 9.46. The second kappa shape index (κ2) is 8.76. The Balaban J connectivity index is 1.54. The van der Waals surface area contributed by atoms with Gasteiger partial charge in [-0.15, -0.1) is 0 Å². The van der Waals surface area contributed by atoms with Gasteiger partial charge in [0, 0.05) is 57.8 Å². The largest absolute Gasteiger partial charge is 0.396 e. The monoisotopic (exact) mass is 317 g/mol. The van der Waals surface area contributed by atoms with Gasteiger partial charge < -0.3 is 5.11 Å². The maximum Gasteiger partial charge on any atom is 0.0446 e. The van der Waals surface area contributed by atoms with E-state index in [0.29, 0.717) is 12.6 Å². The van der Waals surface area contributed by atoms with E-state index in [-0.39, 0.29) is 0 Å². The fourth-order valence-corrected chi connectivity index (χ4v) is 4.22. The number of aliphatic hydroxyl groups is 1. The molecule has 0 aromatic carbocycles. The molecule has 128 valence electrons. The summed E-state index contributed by atoms with van der Waals surface area (Å²) in [6.07, 6.45) is 11.8. The molecule has 1 aromatic rings. The van der Waals surface area contributed by atoms with E-state index in [4.69, 9.17) is 0 Å². The van der Waals surface area contributed by atoms with Crippen LogP contribution in [0.4, 0.5) is 0 Å². The van der Waals surface area contributed by atoms with Crippen molar-refractivity contribution in [2.24, 2.45) is 5.92 Å². The Morgan fingerprint density at radius 3 is 2.78 bits per heavy atom. The lowest BCUT2D eigenvalue weighted by Gasteiger charge is -2.43. The lowest BCUT2D eigenvalue weighted by molar-refractivity contribution is 0.0400. The summed E-state index contributed by atoms with van der Waals surface area (Å²) in [6, 6.07) is 4.68. The molecule has 4 heteroatoms. The highest BCUT2D eigenvalue weighted by Gasteiger charge is 2.28. The normalized spacial score (nSPS) is 24.8. The number of piperazine rings is 1. The quantitative estimate of drug-likeness (QED) is 0.875. The summed E-state index contributed by atoms with van der Waals surface area (Å²) < 4.78 is 0. The smallest absolute Gasteiger partial charge is 0.0446 e. The van der Waals surface area contributed by atoms with E-state index in [9.17, 15) is 5.11 Å². The Labute approximate surface area is 140 Å². The minimum Gasteiger partial charge on any atom is -0.396 e. The Morgan fingerprint density at radius 1 is 1.17 bits per heavy atom. The Hall–Kier alpha value is -0.970. The van der Waals surface area contributed by atoms with Gasteiger partial charge in [-0.05, 0) is 36.8 Å². The number of aromatic nitrogens is 1. The van der Waals surface area contributed by atoms with Gasteiger partial charge in [0.15, 0.2) is 0 Å². The molecule has 1 saturated heterocycles. The summed E-state index contributed by atoms with van der Waals surface area (Å²) in [4.78, 5) is 9.40. The third-order valence-corrected chi connectivity index (χ3v) is 5.50. The van der Waals surface area contributed by atoms with Crippen LogP contribution in [0.15, 0.2) is 24.5 Å². The molecule has 1 aromatic heterocycles. The minimum atomic E-state index is 0.298. The predicted octanol–water partition coefficient (Wildman–Crippen LogP) is 2.53. The second-order valence-electron chi connectivity index (χ2n) is 7.26. The van der Waals surface area contributed by atoms with Crippen LogP contribution in [0.2, 0.25) is 0 Å². The van der Waals surface area contributed by atoms with Gasteiger partial charge in [0.05, 0.1) is 0 Å². The highest BCUT2D eigenvalue weighted by molar-refractivity contribution is 5.08. The fraction of sp³-hybridized carbons (Fsp3) is 0.737. The van der Waals surface area contributed by atoms with E-state index in [1.54, 1.807) is 0 Å². The van der Waals surface area contributed by atoms with Crippen molar-refractivity contribution in [3.63, 3.8) is 0 Å². The number of aliphatic hydroxyl groups excluding tert-OH is 1. The molecule has 0 spiro atoms. The van der Waals surface area contributed by atoms with Gasteiger partial charge in [0.25, 0.3) is 0 Å². The zero-order chi connectivity index (χ0) is 15.9. The average molecular weight is 317 g/mol. The Kier molecular flexibility index (Phi) is 6.43. The highest BCUT2D eigenvalue weighted by Crippen LogP contribution is 2.26. The molecule has 0 amide bonds. The van der Waals surface area contributed by atoms with Crippen molar-refractivity contribution in [2.45, 2.75) is 51.1 Å². The van der Waals surface area contributed by atoms with Crippen LogP contribution in [0, 0.1) is 5.92 Å². The van der Waals surface area contributed by atoms with Gasteiger partial charge >= 0.3 is 0 Å². The molecule has 1 aliphatic carbocycles. The van der Waals surface area contributed by atoms with E-state index in [1.807, 2.05) is 18.5 Å². The summed E-state index contributed by atoms with van der Waals surface area (Å²) in [7, 11) is 0. The summed E-state index contributed by atoms with van der Waals surface area (Å²) >= 11 is 0. The van der Waals surface area contributed by atoms with Crippen LogP contribution in [0.1, 0.15) is 44.1 Å². The Bertz CT molecular complexity index is 447. The maximum atomic E-state index is 9.46. The van der Waals surface area contributed by atoms with Gasteiger partial charge in [-0.3, -0.25) is 14.8 Å². The molecule has 0 bridgehead atoms. The summed E-state index contributed by atoms with van der Waals surface area (Å²) in [5.74, 6) is 0.884. The molecule has 4 nitrogen and oxygen atoms in total. The number of pyridine rings is 1. The number of nitrogens with zero attached hydrogens (tertiary/aromatic N) is 3. The number of hydrogen-bond donors (Lipinski definition) is 1. The molecule has 23 heavy (non-hydrogen) atoms. The first-order valence-electron chi connectivity index (χ1n) is 9.31. The van der Waals surface area contributed by atoms with Gasteiger partial charge in [-0.2, -0.15) is 0 Å². The SMILES string of the molecule is OCC[C@@H]1CN(Cc2cccnc2)CCN1CC1CCCCC1. The zero-order valence-corrected chi connectivity index (χ0v) is 14.2. The summed E-state index contributed by atoms with van der Waals surface area (Å²) in [6.45, 7) is 5.86. The molecule has 1 aliphatic heterocycles. The van der Waals surface area contributed by atoms with Crippen molar-refractivity contribution in [3.8, 4) is 0 Å².